The van der Waals surface area contributed by atoms with Gasteiger partial charge in [-0.25, -0.2) is 0 Å². The lowest BCUT2D eigenvalue weighted by Crippen LogP contribution is -2.46. The summed E-state index contributed by atoms with van der Waals surface area (Å²) in [7, 11) is 0. The number of piperazine rings is 1. The molecule has 2 heterocycles. The zero-order chi connectivity index (χ0) is 19.4. The van der Waals surface area contributed by atoms with Crippen LogP contribution in [0.1, 0.15) is 5.76 Å². The lowest BCUT2D eigenvalue weighted by Gasteiger charge is -2.35. The SMILES string of the molecule is NC(=O)COc1coc(CN2CCN(c3ccc(Cl)c(Cl)c3)CC2)cc1=O. The van der Waals surface area contributed by atoms with Gasteiger partial charge in [0, 0.05) is 37.9 Å². The summed E-state index contributed by atoms with van der Waals surface area (Å²) in [5.41, 5.74) is 5.68. The van der Waals surface area contributed by atoms with Crippen molar-refractivity contribution in [1.29, 1.82) is 0 Å². The Morgan fingerprint density at radius 1 is 1.15 bits per heavy atom. The van der Waals surface area contributed by atoms with Crippen LogP contribution in [0.15, 0.2) is 39.7 Å². The number of anilines is 1. The number of carbonyl (C=O) groups excluding carboxylic acids is 1. The summed E-state index contributed by atoms with van der Waals surface area (Å²) < 4.78 is 10.5. The molecule has 0 unspecified atom stereocenters. The molecule has 2 N–H and O–H groups in total. The molecule has 0 aliphatic carbocycles. The lowest BCUT2D eigenvalue weighted by molar-refractivity contribution is -0.119. The Bertz CT molecular complexity index is 879. The van der Waals surface area contributed by atoms with Crippen LogP contribution in [0.3, 0.4) is 0 Å². The van der Waals surface area contributed by atoms with E-state index >= 15 is 0 Å². The first kappa shape index (κ1) is 19.5. The van der Waals surface area contributed by atoms with E-state index < -0.39 is 5.91 Å². The molecule has 144 valence electrons. The van der Waals surface area contributed by atoms with Gasteiger partial charge in [-0.1, -0.05) is 23.2 Å². The molecule has 1 aliphatic rings. The van der Waals surface area contributed by atoms with Crippen LogP contribution in [0.4, 0.5) is 5.69 Å². The highest BCUT2D eigenvalue weighted by Gasteiger charge is 2.19. The second-order valence-corrected chi connectivity index (χ2v) is 7.01. The molecule has 0 spiro atoms. The number of ether oxygens (including phenoxy) is 1. The molecule has 0 radical (unpaired) electrons. The second kappa shape index (κ2) is 8.65. The van der Waals surface area contributed by atoms with Crippen LogP contribution in [0, 0.1) is 0 Å². The minimum absolute atomic E-state index is 0.0259. The maximum Gasteiger partial charge on any atom is 0.255 e. The minimum Gasteiger partial charge on any atom is -0.477 e. The van der Waals surface area contributed by atoms with E-state index in [1.165, 1.54) is 12.3 Å². The van der Waals surface area contributed by atoms with E-state index in [-0.39, 0.29) is 17.8 Å². The molecule has 1 saturated heterocycles. The second-order valence-electron chi connectivity index (χ2n) is 6.19. The fourth-order valence-electron chi connectivity index (χ4n) is 2.84. The Balaban J connectivity index is 1.56. The van der Waals surface area contributed by atoms with Gasteiger partial charge in [-0.15, -0.1) is 0 Å². The van der Waals surface area contributed by atoms with Crippen molar-refractivity contribution in [2.75, 3.05) is 37.7 Å². The molecule has 1 fully saturated rings. The van der Waals surface area contributed by atoms with Crippen LogP contribution < -0.4 is 20.8 Å². The van der Waals surface area contributed by atoms with Gasteiger partial charge in [-0.2, -0.15) is 0 Å². The van der Waals surface area contributed by atoms with Crippen molar-refractivity contribution in [3.05, 3.63) is 56.6 Å². The van der Waals surface area contributed by atoms with Gasteiger partial charge in [-0.3, -0.25) is 14.5 Å². The van der Waals surface area contributed by atoms with E-state index in [4.69, 9.17) is 38.1 Å². The molecule has 1 amide bonds. The standard InChI is InChI=1S/C18H19Cl2N3O4/c19-14-2-1-12(7-15(14)20)23-5-3-22(4-6-23)9-13-8-16(24)17(10-26-13)27-11-18(21)25/h1-2,7-8,10H,3-6,9,11H2,(H2,21,25). The molecule has 3 rings (SSSR count). The van der Waals surface area contributed by atoms with Crippen LogP contribution >= 0.6 is 23.2 Å². The quantitative estimate of drug-likeness (QED) is 0.782. The van der Waals surface area contributed by atoms with Crippen molar-refractivity contribution < 1.29 is 13.9 Å². The summed E-state index contributed by atoms with van der Waals surface area (Å²) >= 11 is 12.1. The molecule has 1 aliphatic heterocycles. The Morgan fingerprint density at radius 2 is 1.89 bits per heavy atom. The van der Waals surface area contributed by atoms with E-state index in [9.17, 15) is 9.59 Å². The average molecular weight is 412 g/mol. The molecular weight excluding hydrogens is 393 g/mol. The summed E-state index contributed by atoms with van der Waals surface area (Å²) in [5.74, 6) is -0.144. The topological polar surface area (TPSA) is 89.0 Å². The largest absolute Gasteiger partial charge is 0.477 e. The summed E-state index contributed by atoms with van der Waals surface area (Å²) in [6.45, 7) is 3.42. The number of halogens is 2. The Hall–Kier alpha value is -2.22. The van der Waals surface area contributed by atoms with Gasteiger partial charge in [0.2, 0.25) is 11.2 Å². The molecule has 0 saturated carbocycles. The van der Waals surface area contributed by atoms with E-state index in [2.05, 4.69) is 9.80 Å². The first-order valence-electron chi connectivity index (χ1n) is 8.37. The zero-order valence-electron chi connectivity index (χ0n) is 14.5. The van der Waals surface area contributed by atoms with Gasteiger partial charge in [0.1, 0.15) is 12.0 Å². The van der Waals surface area contributed by atoms with Crippen molar-refractivity contribution in [3.63, 3.8) is 0 Å². The Labute approximate surface area is 166 Å². The van der Waals surface area contributed by atoms with E-state index in [1.807, 2.05) is 12.1 Å². The maximum atomic E-state index is 12.0. The third-order valence-corrected chi connectivity index (χ3v) is 4.98. The highest BCUT2D eigenvalue weighted by atomic mass is 35.5. The normalized spacial score (nSPS) is 15.0. The summed E-state index contributed by atoms with van der Waals surface area (Å²) in [5, 5.41) is 1.08. The van der Waals surface area contributed by atoms with Crippen LogP contribution in [0.2, 0.25) is 10.0 Å². The number of primary amides is 1. The number of rotatable bonds is 6. The van der Waals surface area contributed by atoms with Gasteiger partial charge in [0.15, 0.2) is 6.61 Å². The van der Waals surface area contributed by atoms with Crippen molar-refractivity contribution in [1.82, 2.24) is 4.90 Å². The van der Waals surface area contributed by atoms with Gasteiger partial charge < -0.3 is 19.8 Å². The average Bonchev–Trinajstić information content (AvgIpc) is 2.64. The minimum atomic E-state index is -0.654. The fraction of sp³-hybridized carbons (Fsp3) is 0.333. The van der Waals surface area contributed by atoms with Crippen LogP contribution in [0.25, 0.3) is 0 Å². The summed E-state index contributed by atoms with van der Waals surface area (Å²) in [6.07, 6.45) is 1.21. The highest BCUT2D eigenvalue weighted by molar-refractivity contribution is 6.42. The smallest absolute Gasteiger partial charge is 0.255 e. The third kappa shape index (κ3) is 5.15. The maximum absolute atomic E-state index is 12.0. The third-order valence-electron chi connectivity index (χ3n) is 4.24. The number of nitrogens with zero attached hydrogens (tertiary/aromatic N) is 2. The van der Waals surface area contributed by atoms with Crippen molar-refractivity contribution in [3.8, 4) is 5.75 Å². The highest BCUT2D eigenvalue weighted by Crippen LogP contribution is 2.27. The lowest BCUT2D eigenvalue weighted by atomic mass is 10.2. The predicted molar refractivity (Wildman–Crippen MR) is 104 cm³/mol. The van der Waals surface area contributed by atoms with Crippen molar-refractivity contribution >= 4 is 34.8 Å². The monoisotopic (exact) mass is 411 g/mol. The number of benzene rings is 1. The van der Waals surface area contributed by atoms with Crippen LogP contribution in [-0.2, 0) is 11.3 Å². The van der Waals surface area contributed by atoms with Gasteiger partial charge in [-0.05, 0) is 18.2 Å². The molecule has 27 heavy (non-hydrogen) atoms. The Kier molecular flexibility index (Phi) is 6.26. The summed E-state index contributed by atoms with van der Waals surface area (Å²) in [6, 6.07) is 6.99. The van der Waals surface area contributed by atoms with E-state index in [0.717, 1.165) is 31.9 Å². The van der Waals surface area contributed by atoms with Crippen molar-refractivity contribution in [2.45, 2.75) is 6.54 Å². The van der Waals surface area contributed by atoms with Gasteiger partial charge >= 0.3 is 0 Å². The molecule has 1 aromatic carbocycles. The molecule has 0 atom stereocenters. The van der Waals surface area contributed by atoms with Crippen LogP contribution in [0.5, 0.6) is 5.75 Å². The molecule has 1 aromatic heterocycles. The predicted octanol–water partition coefficient (Wildman–Crippen LogP) is 2.13. The van der Waals surface area contributed by atoms with Crippen LogP contribution in [-0.4, -0.2) is 43.6 Å². The number of carbonyl (C=O) groups is 1. The molecule has 7 nitrogen and oxygen atoms in total. The Morgan fingerprint density at radius 3 is 2.52 bits per heavy atom. The van der Waals surface area contributed by atoms with Gasteiger partial charge in [0.05, 0.1) is 16.6 Å². The fourth-order valence-corrected chi connectivity index (χ4v) is 3.13. The number of amides is 1. The molecule has 2 aromatic rings. The number of hydrogen-bond acceptors (Lipinski definition) is 6. The first-order chi connectivity index (χ1) is 12.9. The van der Waals surface area contributed by atoms with Crippen molar-refractivity contribution in [2.24, 2.45) is 5.73 Å². The van der Waals surface area contributed by atoms with Gasteiger partial charge in [0.25, 0.3) is 5.91 Å². The molecular formula is C18H19Cl2N3O4. The molecule has 9 heteroatoms. The first-order valence-corrected chi connectivity index (χ1v) is 9.13. The van der Waals surface area contributed by atoms with E-state index in [1.54, 1.807) is 6.07 Å². The zero-order valence-corrected chi connectivity index (χ0v) is 16.0. The number of nitrogens with two attached hydrogens (primary N) is 1. The van der Waals surface area contributed by atoms with E-state index in [0.29, 0.717) is 22.4 Å². The summed E-state index contributed by atoms with van der Waals surface area (Å²) in [4.78, 5) is 27.1. The molecule has 0 bridgehead atoms. The number of hydrogen-bond donors (Lipinski definition) is 1.